The van der Waals surface area contributed by atoms with E-state index < -0.39 is 5.54 Å². The molecule has 1 aliphatic rings. The standard InChI is InChI=1S/C29H34FN5O/c1-7-18-10-9-11-19(8-2)25(18)35-26(21-12-13-23(30)24-20(21)14-15-31-24)22-16-34(28(36)32-17(3)4)29(5,6)27(22)33-35/h9-15,17,31H,7-8,16H2,1-6H3,(H,32,36). The molecule has 1 aliphatic heterocycles. The zero-order chi connectivity index (χ0) is 25.8. The summed E-state index contributed by atoms with van der Waals surface area (Å²) in [6.45, 7) is 12.7. The molecule has 3 heterocycles. The Balaban J connectivity index is 1.82. The van der Waals surface area contributed by atoms with Gasteiger partial charge >= 0.3 is 6.03 Å². The smallest absolute Gasteiger partial charge is 0.318 e. The molecule has 0 bridgehead atoms. The monoisotopic (exact) mass is 487 g/mol. The normalized spacial score (nSPS) is 14.6. The van der Waals surface area contributed by atoms with Crippen LogP contribution in [0.25, 0.3) is 27.8 Å². The number of fused-ring (bicyclic) bond motifs is 2. The van der Waals surface area contributed by atoms with E-state index in [1.54, 1.807) is 6.20 Å². The Labute approximate surface area is 211 Å². The third kappa shape index (κ3) is 3.60. The maximum atomic E-state index is 14.7. The third-order valence-corrected chi connectivity index (χ3v) is 7.32. The van der Waals surface area contributed by atoms with Crippen molar-refractivity contribution in [2.75, 3.05) is 0 Å². The predicted molar refractivity (Wildman–Crippen MR) is 142 cm³/mol. The highest BCUT2D eigenvalue weighted by molar-refractivity contribution is 5.96. The number of rotatable bonds is 5. The molecule has 0 fully saturated rings. The van der Waals surface area contributed by atoms with Crippen LogP contribution in [0.2, 0.25) is 0 Å². The Bertz CT molecular complexity index is 1440. The summed E-state index contributed by atoms with van der Waals surface area (Å²) < 4.78 is 16.7. The number of aromatic amines is 1. The quantitative estimate of drug-likeness (QED) is 0.340. The Morgan fingerprint density at radius 2 is 1.83 bits per heavy atom. The Kier molecular flexibility index (Phi) is 5.89. The summed E-state index contributed by atoms with van der Waals surface area (Å²) in [5.41, 5.74) is 7.04. The molecule has 2 amide bonds. The van der Waals surface area contributed by atoms with E-state index in [9.17, 15) is 9.18 Å². The van der Waals surface area contributed by atoms with Crippen LogP contribution in [0.15, 0.2) is 42.6 Å². The first-order valence-corrected chi connectivity index (χ1v) is 12.8. The zero-order valence-corrected chi connectivity index (χ0v) is 21.9. The molecule has 6 nitrogen and oxygen atoms in total. The molecule has 2 aromatic carbocycles. The van der Waals surface area contributed by atoms with Gasteiger partial charge in [0.1, 0.15) is 5.82 Å². The number of urea groups is 1. The number of aromatic nitrogens is 3. The van der Waals surface area contributed by atoms with Gasteiger partial charge in [-0.25, -0.2) is 13.9 Å². The summed E-state index contributed by atoms with van der Waals surface area (Å²) in [6, 6.07) is 11.6. The van der Waals surface area contributed by atoms with Crippen molar-refractivity contribution >= 4 is 16.9 Å². The van der Waals surface area contributed by atoms with Crippen LogP contribution in [0.3, 0.4) is 0 Å². The molecule has 0 unspecified atom stereocenters. The van der Waals surface area contributed by atoms with Gasteiger partial charge in [0.2, 0.25) is 0 Å². The highest BCUT2D eigenvalue weighted by Gasteiger charge is 2.45. The van der Waals surface area contributed by atoms with Crippen molar-refractivity contribution in [1.29, 1.82) is 0 Å². The molecule has 4 aromatic rings. The van der Waals surface area contributed by atoms with Crippen molar-refractivity contribution in [3.05, 3.63) is 70.8 Å². The van der Waals surface area contributed by atoms with Crippen LogP contribution < -0.4 is 5.32 Å². The average molecular weight is 488 g/mol. The molecule has 36 heavy (non-hydrogen) atoms. The van der Waals surface area contributed by atoms with E-state index in [4.69, 9.17) is 5.10 Å². The van der Waals surface area contributed by atoms with Crippen LogP contribution in [0.4, 0.5) is 9.18 Å². The Morgan fingerprint density at radius 3 is 2.47 bits per heavy atom. The van der Waals surface area contributed by atoms with E-state index in [0.717, 1.165) is 46.4 Å². The number of hydrogen-bond acceptors (Lipinski definition) is 2. The SMILES string of the molecule is CCc1cccc(CC)c1-n1nc2c(c1-c1ccc(F)c3[nH]ccc13)CN(C(=O)NC(C)C)C2(C)C. The summed E-state index contributed by atoms with van der Waals surface area (Å²) in [4.78, 5) is 18.1. The highest BCUT2D eigenvalue weighted by atomic mass is 19.1. The van der Waals surface area contributed by atoms with E-state index in [1.807, 2.05) is 44.7 Å². The fourth-order valence-electron chi connectivity index (χ4n) is 5.48. The summed E-state index contributed by atoms with van der Waals surface area (Å²) >= 11 is 0. The minimum absolute atomic E-state index is 0.0285. The van der Waals surface area contributed by atoms with Crippen molar-refractivity contribution in [2.24, 2.45) is 0 Å². The lowest BCUT2D eigenvalue weighted by molar-refractivity contribution is 0.140. The molecular weight excluding hydrogens is 453 g/mol. The summed E-state index contributed by atoms with van der Waals surface area (Å²) in [6.07, 6.45) is 3.49. The Hall–Kier alpha value is -3.61. The molecule has 0 aliphatic carbocycles. The largest absolute Gasteiger partial charge is 0.359 e. The van der Waals surface area contributed by atoms with Crippen molar-refractivity contribution < 1.29 is 9.18 Å². The number of benzene rings is 2. The molecule has 0 spiro atoms. The summed E-state index contributed by atoms with van der Waals surface area (Å²) in [7, 11) is 0. The number of para-hydroxylation sites is 1. The van der Waals surface area contributed by atoms with Crippen LogP contribution in [0.1, 0.15) is 63.9 Å². The van der Waals surface area contributed by atoms with Crippen molar-refractivity contribution in [3.63, 3.8) is 0 Å². The van der Waals surface area contributed by atoms with E-state index >= 15 is 0 Å². The summed E-state index contributed by atoms with van der Waals surface area (Å²) in [5, 5.41) is 9.06. The summed E-state index contributed by atoms with van der Waals surface area (Å²) in [5.74, 6) is -0.289. The first-order chi connectivity index (χ1) is 17.2. The number of hydrogen-bond donors (Lipinski definition) is 2. The third-order valence-electron chi connectivity index (χ3n) is 7.32. The molecule has 188 valence electrons. The minimum Gasteiger partial charge on any atom is -0.359 e. The maximum Gasteiger partial charge on any atom is 0.318 e. The molecule has 7 heteroatoms. The second kappa shape index (κ2) is 8.80. The molecule has 0 saturated heterocycles. The number of nitrogens with zero attached hydrogens (tertiary/aromatic N) is 3. The second-order valence-electron chi connectivity index (χ2n) is 10.3. The molecule has 0 saturated carbocycles. The maximum absolute atomic E-state index is 14.7. The second-order valence-corrected chi connectivity index (χ2v) is 10.3. The van der Waals surface area contributed by atoms with Crippen molar-refractivity contribution in [3.8, 4) is 16.9 Å². The minimum atomic E-state index is -0.612. The van der Waals surface area contributed by atoms with Gasteiger partial charge in [-0.2, -0.15) is 5.10 Å². The lowest BCUT2D eigenvalue weighted by Gasteiger charge is -2.32. The Morgan fingerprint density at radius 1 is 1.14 bits per heavy atom. The number of nitrogens with one attached hydrogen (secondary N) is 2. The number of aryl methyl sites for hydroxylation is 2. The lowest BCUT2D eigenvalue weighted by Crippen LogP contribution is -2.48. The number of H-pyrrole nitrogens is 1. The molecule has 0 radical (unpaired) electrons. The number of halogens is 1. The van der Waals surface area contributed by atoms with Gasteiger partial charge in [-0.1, -0.05) is 32.0 Å². The first-order valence-electron chi connectivity index (χ1n) is 12.8. The first kappa shape index (κ1) is 24.1. The molecular formula is C29H34FN5O. The number of carbonyl (C=O) groups excluding carboxylic acids is 1. The highest BCUT2D eigenvalue weighted by Crippen LogP contribution is 2.45. The van der Waals surface area contributed by atoms with E-state index in [0.29, 0.717) is 12.1 Å². The van der Waals surface area contributed by atoms with Crippen molar-refractivity contribution in [2.45, 2.75) is 72.5 Å². The molecule has 2 N–H and O–H groups in total. The molecule has 0 atom stereocenters. The van der Waals surface area contributed by atoms with Gasteiger partial charge in [0.25, 0.3) is 0 Å². The lowest BCUT2D eigenvalue weighted by atomic mass is 9.97. The van der Waals surface area contributed by atoms with E-state index in [2.05, 4.69) is 47.0 Å². The van der Waals surface area contributed by atoms with Gasteiger partial charge in [-0.15, -0.1) is 0 Å². The van der Waals surface area contributed by atoms with E-state index in [-0.39, 0.29) is 17.9 Å². The van der Waals surface area contributed by atoms with Crippen LogP contribution in [0.5, 0.6) is 0 Å². The van der Waals surface area contributed by atoms with Crippen LogP contribution in [-0.2, 0) is 24.9 Å². The van der Waals surface area contributed by atoms with Gasteiger partial charge in [0, 0.05) is 28.8 Å². The average Bonchev–Trinajstić information content (AvgIpc) is 3.53. The van der Waals surface area contributed by atoms with Crippen LogP contribution in [0, 0.1) is 5.82 Å². The molecule has 2 aromatic heterocycles. The van der Waals surface area contributed by atoms with Crippen LogP contribution >= 0.6 is 0 Å². The van der Waals surface area contributed by atoms with Crippen molar-refractivity contribution in [1.82, 2.24) is 25.0 Å². The van der Waals surface area contributed by atoms with E-state index in [1.165, 1.54) is 17.2 Å². The fraction of sp³-hybridized carbons (Fsp3) is 0.379. The van der Waals surface area contributed by atoms with Gasteiger partial charge < -0.3 is 15.2 Å². The van der Waals surface area contributed by atoms with Gasteiger partial charge in [0.15, 0.2) is 0 Å². The fourth-order valence-corrected chi connectivity index (χ4v) is 5.48. The topological polar surface area (TPSA) is 66.0 Å². The van der Waals surface area contributed by atoms with Gasteiger partial charge in [0.05, 0.1) is 34.7 Å². The van der Waals surface area contributed by atoms with Gasteiger partial charge in [-0.05, 0) is 69.9 Å². The zero-order valence-electron chi connectivity index (χ0n) is 21.9. The predicted octanol–water partition coefficient (Wildman–Crippen LogP) is 6.45. The number of amides is 2. The van der Waals surface area contributed by atoms with Gasteiger partial charge in [-0.3, -0.25) is 0 Å². The molecule has 5 rings (SSSR count). The number of carbonyl (C=O) groups is 1. The van der Waals surface area contributed by atoms with Crippen LogP contribution in [-0.4, -0.2) is 31.7 Å².